The van der Waals surface area contributed by atoms with Gasteiger partial charge in [0.1, 0.15) is 0 Å². The van der Waals surface area contributed by atoms with Crippen molar-refractivity contribution >= 4 is 17.8 Å². The van der Waals surface area contributed by atoms with Crippen molar-refractivity contribution in [3.8, 4) is 0 Å². The highest BCUT2D eigenvalue weighted by Gasteiger charge is 2.28. The van der Waals surface area contributed by atoms with E-state index in [1.807, 2.05) is 0 Å². The average molecular weight is 425 g/mol. The van der Waals surface area contributed by atoms with Crippen LogP contribution in [0, 0.1) is 0 Å². The van der Waals surface area contributed by atoms with Crippen LogP contribution in [0.2, 0.25) is 0 Å². The van der Waals surface area contributed by atoms with Gasteiger partial charge in [0, 0.05) is 64.7 Å². The predicted octanol–water partition coefficient (Wildman–Crippen LogP) is -0.424. The molecule has 1 atom stereocenters. The minimum atomic E-state index is -0.856. The summed E-state index contributed by atoms with van der Waals surface area (Å²) in [6.45, 7) is 7.74. The van der Waals surface area contributed by atoms with Crippen molar-refractivity contribution in [3.05, 3.63) is 0 Å². The first kappa shape index (κ1) is 23.6. The highest BCUT2D eigenvalue weighted by atomic mass is 16.5. The second-order valence-corrected chi connectivity index (χ2v) is 8.17. The molecule has 0 aliphatic carbocycles. The summed E-state index contributed by atoms with van der Waals surface area (Å²) in [6.07, 6.45) is 3.71. The molecule has 2 fully saturated rings. The maximum Gasteiger partial charge on any atom is 0.303 e. The van der Waals surface area contributed by atoms with E-state index in [1.165, 1.54) is 0 Å². The number of rotatable bonds is 12. The minimum absolute atomic E-state index is 0.0251. The van der Waals surface area contributed by atoms with Crippen molar-refractivity contribution in [1.29, 1.82) is 0 Å². The first-order chi connectivity index (χ1) is 13.9. The molecule has 29 heavy (non-hydrogen) atoms. The van der Waals surface area contributed by atoms with Crippen LogP contribution in [0.3, 0.4) is 0 Å². The Morgan fingerprint density at radius 3 is 2.28 bits per heavy atom. The Morgan fingerprint density at radius 1 is 0.931 bits per heavy atom. The Balaban J connectivity index is 1.55. The molecule has 9 heteroatoms. The number of hydrogen-bond acceptors (Lipinski definition) is 6. The number of carboxylic acids is 1. The van der Waals surface area contributed by atoms with Crippen molar-refractivity contribution in [3.63, 3.8) is 0 Å². The summed E-state index contributed by atoms with van der Waals surface area (Å²) in [5.41, 5.74) is 0. The Labute approximate surface area is 173 Å². The van der Waals surface area contributed by atoms with Crippen molar-refractivity contribution in [2.24, 2.45) is 0 Å². The number of nitrogens with one attached hydrogen (secondary N) is 2. The van der Waals surface area contributed by atoms with E-state index in [1.54, 1.807) is 0 Å². The lowest BCUT2D eigenvalue weighted by atomic mass is 10.4. The topological polar surface area (TPSA) is 105 Å². The first-order valence-electron chi connectivity index (χ1n) is 10.8. The number of piperazine rings is 1. The lowest BCUT2D eigenvalue weighted by Gasteiger charge is -2.36. The van der Waals surface area contributed by atoms with E-state index in [-0.39, 0.29) is 18.2 Å². The fraction of sp³-hybridized carbons (Fsp3) is 0.850. The van der Waals surface area contributed by atoms with Gasteiger partial charge in [-0.05, 0) is 39.3 Å². The molecule has 0 radical (unpaired) electrons. The highest BCUT2D eigenvalue weighted by molar-refractivity contribution is 5.78. The Kier molecular flexibility index (Phi) is 10.4. The molecule has 9 nitrogen and oxygen atoms in total. The van der Waals surface area contributed by atoms with E-state index in [2.05, 4.69) is 32.4 Å². The van der Waals surface area contributed by atoms with Gasteiger partial charge in [0.05, 0.1) is 6.54 Å². The number of nitrogens with zero attached hydrogens (tertiary/aromatic N) is 3. The molecule has 2 heterocycles. The van der Waals surface area contributed by atoms with Crippen LogP contribution in [0.1, 0.15) is 38.5 Å². The molecule has 0 saturated carbocycles. The van der Waals surface area contributed by atoms with E-state index in [4.69, 9.17) is 5.11 Å². The standard InChI is InChI=1S/C20H37N5O4/c1-23-11-13-24(14-12-23)15-17-5-4-10-25(17)16-19(27)22-8-2-6-18(26)21-9-3-7-20(28)29/h17H,2-16H2,1H3,(H,21,26)(H,22,27)(H,28,29)/i4+1,5+1,10+1,11+1,12+1,13+1,14+1,15+1,17+1,18+1,19+1,20+1,21+1,22+1. The zero-order valence-corrected chi connectivity index (χ0v) is 17.7. The molecule has 3 N–H and O–H groups in total. The van der Waals surface area contributed by atoms with Crippen LogP contribution in [-0.2, 0) is 14.4 Å². The molecule has 0 aromatic carbocycles. The third-order valence-corrected chi connectivity index (χ3v) is 5.70. The first-order valence-corrected chi connectivity index (χ1v) is 10.8. The predicted molar refractivity (Wildman–Crippen MR) is 111 cm³/mol. The molecule has 166 valence electrons. The van der Waals surface area contributed by atoms with Gasteiger partial charge in [0.15, 0.2) is 0 Å². The van der Waals surface area contributed by atoms with Gasteiger partial charge in [-0.2, -0.15) is 0 Å². The summed E-state index contributed by atoms with van der Waals surface area (Å²) in [5.74, 6) is -0.931. The van der Waals surface area contributed by atoms with E-state index in [9.17, 15) is 14.4 Å². The van der Waals surface area contributed by atoms with Crippen LogP contribution in [0.5, 0.6) is 0 Å². The number of aliphatic carboxylic acids is 1. The van der Waals surface area contributed by atoms with Crippen LogP contribution in [0.25, 0.3) is 0 Å². The smallest absolute Gasteiger partial charge is 0.303 e. The van der Waals surface area contributed by atoms with Gasteiger partial charge >= 0.3 is 5.97 Å². The van der Waals surface area contributed by atoms with E-state index in [0.29, 0.717) is 44.9 Å². The molecule has 2 saturated heterocycles. The number of amides is 2. The molecule has 2 amide bonds. The van der Waals surface area contributed by atoms with E-state index in [0.717, 1.165) is 52.1 Å². The third-order valence-electron chi connectivity index (χ3n) is 5.70. The number of carboxylic acid groups (broad SMARTS) is 1. The zero-order valence-electron chi connectivity index (χ0n) is 17.7. The summed E-state index contributed by atoms with van der Waals surface area (Å²) in [6, 6.07) is 0.459. The van der Waals surface area contributed by atoms with Crippen molar-refractivity contribution in [2.45, 2.75) is 44.6 Å². The lowest BCUT2D eigenvalue weighted by Crippen LogP contribution is -2.50. The number of likely N-dealkylation sites (tertiary alicyclic amines) is 1. The number of carbonyl (C=O) groups excluding carboxylic acids is 2. The molecule has 2 rings (SSSR count). The van der Waals surface area contributed by atoms with Gasteiger partial charge in [0.2, 0.25) is 11.8 Å². The summed E-state index contributed by atoms with van der Waals surface area (Å²) in [4.78, 5) is 41.5. The number of likely N-dealkylation sites (N-methyl/N-ethyl adjacent to an activating group) is 1. The maximum atomic E-state index is 12.3. The molecular formula is C20H37N5O4. The van der Waals surface area contributed by atoms with Crippen LogP contribution < -0.4 is 10.6 Å². The minimum Gasteiger partial charge on any atom is -0.481 e. The quantitative estimate of drug-likeness (QED) is 0.222. The second-order valence-electron chi connectivity index (χ2n) is 8.17. The SMILES string of the molecule is CN1[13CH2][13CH2]N([13CH2][13CH]2[13CH2][13CH2][13CH2]N2C[13C](=O)[15NH]CCC[13C](=O)[15NH]CCC[13C](=O)O)[13CH2][13CH2]1. The summed E-state index contributed by atoms with van der Waals surface area (Å²) >= 11 is 0. The average Bonchev–Trinajstić information content (AvgIpc) is 3.10. The largest absolute Gasteiger partial charge is 0.481 e. The Bertz CT molecular complexity index is 537. The summed E-state index contributed by atoms with van der Waals surface area (Å²) < 4.78 is 0. The molecule has 0 aromatic rings. The van der Waals surface area contributed by atoms with Crippen molar-refractivity contribution < 1.29 is 19.5 Å². The van der Waals surface area contributed by atoms with Gasteiger partial charge in [-0.25, -0.2) is 0 Å². The van der Waals surface area contributed by atoms with Gasteiger partial charge in [0.25, 0.3) is 0 Å². The van der Waals surface area contributed by atoms with Gasteiger partial charge in [-0.15, -0.1) is 0 Å². The van der Waals surface area contributed by atoms with Gasteiger partial charge < -0.3 is 20.6 Å². The van der Waals surface area contributed by atoms with Gasteiger partial charge in [-0.3, -0.25) is 24.2 Å². The molecule has 0 bridgehead atoms. The van der Waals surface area contributed by atoms with Crippen LogP contribution >= 0.6 is 0 Å². The van der Waals surface area contributed by atoms with Crippen LogP contribution in [0.4, 0.5) is 0 Å². The molecule has 2 aliphatic heterocycles. The Hall–Kier alpha value is -1.71. The fourth-order valence-electron chi connectivity index (χ4n) is 3.91. The molecular weight excluding hydrogens is 388 g/mol. The monoisotopic (exact) mass is 425 g/mol. The Morgan fingerprint density at radius 2 is 1.59 bits per heavy atom. The number of hydrogen-bond donors (Lipinski definition) is 3. The second kappa shape index (κ2) is 12.8. The summed E-state index contributed by atoms with van der Waals surface area (Å²) in [7, 11) is 2.16. The summed E-state index contributed by atoms with van der Waals surface area (Å²) in [5, 5.41) is 14.2. The van der Waals surface area contributed by atoms with Crippen molar-refractivity contribution in [2.75, 3.05) is 66.0 Å². The normalized spacial score (nSPS) is 21.2. The van der Waals surface area contributed by atoms with Crippen LogP contribution in [-0.4, -0.2) is 110 Å². The third kappa shape index (κ3) is 9.56. The van der Waals surface area contributed by atoms with E-state index < -0.39 is 5.97 Å². The van der Waals surface area contributed by atoms with E-state index >= 15 is 0 Å². The molecule has 0 spiro atoms. The molecule has 0 aromatic heterocycles. The molecule has 2 aliphatic rings. The van der Waals surface area contributed by atoms with Gasteiger partial charge in [-0.1, -0.05) is 0 Å². The zero-order chi connectivity index (χ0) is 21.1. The highest BCUT2D eigenvalue weighted by Crippen LogP contribution is 2.18. The van der Waals surface area contributed by atoms with Crippen LogP contribution in [0.15, 0.2) is 0 Å². The number of carbonyl (C=O) groups is 3. The lowest BCUT2D eigenvalue weighted by molar-refractivity contribution is -0.137. The maximum absolute atomic E-state index is 12.3. The molecule has 1 unspecified atom stereocenters. The van der Waals surface area contributed by atoms with Crippen molar-refractivity contribution in [1.82, 2.24) is 25.3 Å². The fourth-order valence-corrected chi connectivity index (χ4v) is 3.91.